The highest BCUT2D eigenvalue weighted by molar-refractivity contribution is 6.03. The number of nitrogens with zero attached hydrogens (tertiary/aromatic N) is 3. The second-order valence-electron chi connectivity index (χ2n) is 5.64. The number of aryl methyl sites for hydroxylation is 2. The molecule has 0 saturated carbocycles. The number of fused-ring (bicyclic) bond motifs is 1. The van der Waals surface area contributed by atoms with Gasteiger partial charge in [-0.3, -0.25) is 9.59 Å². The lowest BCUT2D eigenvalue weighted by atomic mass is 10.3. The van der Waals surface area contributed by atoms with E-state index < -0.39 is 11.5 Å². The maximum atomic E-state index is 12.5. The molecule has 2 heterocycles. The molecular formula is C17H19N5O2. The van der Waals surface area contributed by atoms with Crippen molar-refractivity contribution >= 4 is 22.8 Å². The zero-order chi connectivity index (χ0) is 17.1. The zero-order valence-electron chi connectivity index (χ0n) is 13.7. The fourth-order valence-corrected chi connectivity index (χ4v) is 2.47. The Balaban J connectivity index is 1.92. The van der Waals surface area contributed by atoms with E-state index in [1.54, 1.807) is 35.1 Å². The lowest BCUT2D eigenvalue weighted by Gasteiger charge is -2.09. The van der Waals surface area contributed by atoms with Crippen LogP contribution in [-0.4, -0.2) is 25.7 Å². The maximum Gasteiger partial charge on any atom is 0.281 e. The maximum absolute atomic E-state index is 12.5. The van der Waals surface area contributed by atoms with Crippen molar-refractivity contribution in [2.75, 3.05) is 5.32 Å². The molecular weight excluding hydrogens is 306 g/mol. The Morgan fingerprint density at radius 2 is 2.12 bits per heavy atom. The number of hydrogen-bond acceptors (Lipinski definition) is 4. The van der Waals surface area contributed by atoms with Crippen molar-refractivity contribution in [1.82, 2.24) is 19.7 Å². The smallest absolute Gasteiger partial charge is 0.281 e. The summed E-state index contributed by atoms with van der Waals surface area (Å²) >= 11 is 0. The van der Waals surface area contributed by atoms with Gasteiger partial charge in [-0.25, -0.2) is 9.67 Å². The molecule has 0 unspecified atom stereocenters. The zero-order valence-corrected chi connectivity index (χ0v) is 13.7. The Morgan fingerprint density at radius 1 is 1.33 bits per heavy atom. The summed E-state index contributed by atoms with van der Waals surface area (Å²) in [6, 6.07) is 7.10. The largest absolute Gasteiger partial charge is 0.319 e. The summed E-state index contributed by atoms with van der Waals surface area (Å²) in [6.45, 7) is 4.66. The number of amides is 1. The predicted octanol–water partition coefficient (Wildman–Crippen LogP) is 2.48. The van der Waals surface area contributed by atoms with Crippen molar-refractivity contribution < 1.29 is 4.79 Å². The molecule has 0 bridgehead atoms. The number of carbonyl (C=O) groups excluding carboxylic acids is 1. The molecule has 124 valence electrons. The molecule has 3 aromatic rings. The average Bonchev–Trinajstić information content (AvgIpc) is 2.92. The molecule has 1 aromatic carbocycles. The van der Waals surface area contributed by atoms with Crippen LogP contribution in [0.5, 0.6) is 0 Å². The highest BCUT2D eigenvalue weighted by Gasteiger charge is 2.17. The van der Waals surface area contributed by atoms with E-state index in [-0.39, 0.29) is 5.69 Å². The normalized spacial score (nSPS) is 10.9. The number of nitrogens with one attached hydrogen (secondary N) is 2. The molecule has 0 radical (unpaired) electrons. The van der Waals surface area contributed by atoms with Gasteiger partial charge in [-0.2, -0.15) is 5.10 Å². The van der Waals surface area contributed by atoms with E-state index in [0.717, 1.165) is 18.4 Å². The van der Waals surface area contributed by atoms with Gasteiger partial charge in [-0.1, -0.05) is 25.5 Å². The first kappa shape index (κ1) is 15.9. The fraction of sp³-hybridized carbons (Fsp3) is 0.294. The molecule has 0 aliphatic heterocycles. The number of unbranched alkanes of at least 4 members (excludes halogenated alkanes) is 1. The highest BCUT2D eigenvalue weighted by Crippen LogP contribution is 2.16. The minimum absolute atomic E-state index is 0.156. The second kappa shape index (κ2) is 6.66. The van der Waals surface area contributed by atoms with E-state index >= 15 is 0 Å². The Bertz CT molecular complexity index is 942. The summed E-state index contributed by atoms with van der Waals surface area (Å²) in [7, 11) is 0. The minimum atomic E-state index is -0.539. The summed E-state index contributed by atoms with van der Waals surface area (Å²) < 4.78 is 1.74. The van der Waals surface area contributed by atoms with Gasteiger partial charge in [0.15, 0.2) is 5.69 Å². The van der Waals surface area contributed by atoms with Gasteiger partial charge in [0.05, 0.1) is 17.2 Å². The third kappa shape index (κ3) is 3.05. The summed E-state index contributed by atoms with van der Waals surface area (Å²) in [5, 5.41) is 7.04. The highest BCUT2D eigenvalue weighted by atomic mass is 16.2. The molecule has 7 heteroatoms. The molecule has 3 rings (SSSR count). The molecule has 0 saturated heterocycles. The minimum Gasteiger partial charge on any atom is -0.319 e. The van der Waals surface area contributed by atoms with Crippen LogP contribution < -0.4 is 10.9 Å². The number of hydrogen-bond donors (Lipinski definition) is 2. The molecule has 0 fully saturated rings. The molecule has 2 N–H and O–H groups in total. The first-order valence-electron chi connectivity index (χ1n) is 7.93. The number of carbonyl (C=O) groups is 1. The SMILES string of the molecule is CCCCn1ncc(C)c1NC(=O)c1nc2ccccc2[nH]c1=O. The first-order valence-corrected chi connectivity index (χ1v) is 7.93. The molecule has 2 aromatic heterocycles. The molecule has 0 aliphatic rings. The summed E-state index contributed by atoms with van der Waals surface area (Å²) in [6.07, 6.45) is 3.68. The van der Waals surface area contributed by atoms with E-state index in [9.17, 15) is 9.59 Å². The van der Waals surface area contributed by atoms with Crippen molar-refractivity contribution in [1.29, 1.82) is 0 Å². The quantitative estimate of drug-likeness (QED) is 0.753. The van der Waals surface area contributed by atoms with E-state index in [1.807, 2.05) is 6.92 Å². The van der Waals surface area contributed by atoms with E-state index in [0.29, 0.717) is 23.4 Å². The lowest BCUT2D eigenvalue weighted by molar-refractivity contribution is 0.102. The number of aromatic amines is 1. The molecule has 24 heavy (non-hydrogen) atoms. The Hall–Kier alpha value is -2.96. The van der Waals surface area contributed by atoms with Crippen LogP contribution in [0.4, 0.5) is 5.82 Å². The van der Waals surface area contributed by atoms with Gasteiger partial charge in [0.25, 0.3) is 11.5 Å². The third-order valence-corrected chi connectivity index (χ3v) is 3.79. The van der Waals surface area contributed by atoms with Crippen molar-refractivity contribution in [3.63, 3.8) is 0 Å². The predicted molar refractivity (Wildman–Crippen MR) is 92.2 cm³/mol. The van der Waals surface area contributed by atoms with Crippen molar-refractivity contribution in [2.45, 2.75) is 33.2 Å². The van der Waals surface area contributed by atoms with Crippen LogP contribution >= 0.6 is 0 Å². The van der Waals surface area contributed by atoms with Crippen LogP contribution in [0.1, 0.15) is 35.8 Å². The van der Waals surface area contributed by atoms with Gasteiger partial charge < -0.3 is 10.3 Å². The first-order chi connectivity index (χ1) is 11.6. The van der Waals surface area contributed by atoms with Gasteiger partial charge in [0, 0.05) is 12.1 Å². The van der Waals surface area contributed by atoms with Gasteiger partial charge >= 0.3 is 0 Å². The number of H-pyrrole nitrogens is 1. The van der Waals surface area contributed by atoms with Crippen LogP contribution in [-0.2, 0) is 6.54 Å². The van der Waals surface area contributed by atoms with E-state index in [1.165, 1.54) is 0 Å². The van der Waals surface area contributed by atoms with Crippen LogP contribution in [0.25, 0.3) is 11.0 Å². The summed E-state index contributed by atoms with van der Waals surface area (Å²) in [4.78, 5) is 31.5. The van der Waals surface area contributed by atoms with Gasteiger partial charge in [0.1, 0.15) is 5.82 Å². The van der Waals surface area contributed by atoms with E-state index in [4.69, 9.17) is 0 Å². The average molecular weight is 325 g/mol. The molecule has 0 atom stereocenters. The number of para-hydroxylation sites is 2. The lowest BCUT2D eigenvalue weighted by Crippen LogP contribution is -2.26. The van der Waals surface area contributed by atoms with Crippen LogP contribution in [0.3, 0.4) is 0 Å². The van der Waals surface area contributed by atoms with Gasteiger partial charge in [-0.15, -0.1) is 0 Å². The standard InChI is InChI=1S/C17H19N5O2/c1-3-4-9-22-15(11(2)10-18-22)21-17(24)14-16(23)20-13-8-6-5-7-12(13)19-14/h5-8,10H,3-4,9H2,1-2H3,(H,20,23)(H,21,24). The van der Waals surface area contributed by atoms with Gasteiger partial charge in [0.2, 0.25) is 0 Å². The van der Waals surface area contributed by atoms with Crippen LogP contribution in [0.2, 0.25) is 0 Å². The van der Waals surface area contributed by atoms with Crippen molar-refractivity contribution in [2.24, 2.45) is 0 Å². The van der Waals surface area contributed by atoms with Crippen molar-refractivity contribution in [3.8, 4) is 0 Å². The number of aromatic nitrogens is 4. The topological polar surface area (TPSA) is 92.7 Å². The number of benzene rings is 1. The van der Waals surface area contributed by atoms with E-state index in [2.05, 4.69) is 27.3 Å². The van der Waals surface area contributed by atoms with Crippen molar-refractivity contribution in [3.05, 3.63) is 52.1 Å². The Kier molecular flexibility index (Phi) is 4.41. The summed E-state index contributed by atoms with van der Waals surface area (Å²) in [5.74, 6) is 0.0613. The molecule has 1 amide bonds. The van der Waals surface area contributed by atoms with Crippen LogP contribution in [0.15, 0.2) is 35.3 Å². The fourth-order valence-electron chi connectivity index (χ4n) is 2.47. The summed E-state index contributed by atoms with van der Waals surface area (Å²) in [5.41, 5.74) is 1.35. The number of anilines is 1. The van der Waals surface area contributed by atoms with Crippen LogP contribution in [0, 0.1) is 6.92 Å². The Labute approximate surface area is 138 Å². The second-order valence-corrected chi connectivity index (χ2v) is 5.64. The van der Waals surface area contributed by atoms with Gasteiger partial charge in [-0.05, 0) is 25.5 Å². The molecule has 0 aliphatic carbocycles. The number of rotatable bonds is 5. The Morgan fingerprint density at radius 3 is 2.92 bits per heavy atom. The molecule has 7 nitrogen and oxygen atoms in total. The third-order valence-electron chi connectivity index (χ3n) is 3.79. The molecule has 0 spiro atoms. The monoisotopic (exact) mass is 325 g/mol.